The molecule has 0 radical (unpaired) electrons. The minimum Gasteiger partial charge on any atom is -0.489 e. The smallest absolute Gasteiger partial charge is 0.124 e. The molecule has 20 heavy (non-hydrogen) atoms. The van der Waals surface area contributed by atoms with Crippen LogP contribution >= 0.6 is 15.9 Å². The minimum absolute atomic E-state index is 0.273. The van der Waals surface area contributed by atoms with E-state index in [2.05, 4.69) is 65.4 Å². The quantitative estimate of drug-likeness (QED) is 0.862. The van der Waals surface area contributed by atoms with Crippen LogP contribution in [0.5, 0.6) is 5.75 Å². The van der Waals surface area contributed by atoms with Gasteiger partial charge < -0.3 is 10.1 Å². The first-order valence-corrected chi connectivity index (χ1v) is 7.54. The molecule has 0 saturated heterocycles. The summed E-state index contributed by atoms with van der Waals surface area (Å²) in [5.74, 6) is 0.945. The van der Waals surface area contributed by atoms with Crippen molar-refractivity contribution in [3.05, 3.63) is 63.6 Å². The Balaban J connectivity index is 2.14. The number of hydrogen-bond acceptors (Lipinski definition) is 2. The lowest BCUT2D eigenvalue weighted by Crippen LogP contribution is -2.14. The van der Waals surface area contributed by atoms with Crippen molar-refractivity contribution < 1.29 is 4.74 Å². The molecule has 2 aromatic rings. The molecular weight excluding hydrogens is 314 g/mol. The Bertz CT molecular complexity index is 566. The van der Waals surface area contributed by atoms with Crippen molar-refractivity contribution in [2.75, 3.05) is 7.05 Å². The summed E-state index contributed by atoms with van der Waals surface area (Å²) in [4.78, 5) is 0. The first kappa shape index (κ1) is 15.1. The van der Waals surface area contributed by atoms with Gasteiger partial charge >= 0.3 is 0 Å². The van der Waals surface area contributed by atoms with Gasteiger partial charge in [-0.2, -0.15) is 0 Å². The van der Waals surface area contributed by atoms with Crippen LogP contribution in [0, 0.1) is 6.92 Å². The molecule has 3 heteroatoms. The first-order chi connectivity index (χ1) is 9.60. The number of ether oxygens (including phenoxy) is 1. The van der Waals surface area contributed by atoms with E-state index in [1.807, 2.05) is 19.2 Å². The van der Waals surface area contributed by atoms with Crippen LogP contribution in [0.1, 0.15) is 29.7 Å². The number of hydrogen-bond donors (Lipinski definition) is 1. The molecule has 1 N–H and O–H groups in total. The SMILES string of the molecule is CNC(C)c1cc(C)ccc1OCc1ccc(Br)cc1. The molecule has 0 spiro atoms. The minimum atomic E-state index is 0.273. The molecule has 2 aromatic carbocycles. The topological polar surface area (TPSA) is 21.3 Å². The molecule has 2 rings (SSSR count). The third-order valence-electron chi connectivity index (χ3n) is 3.37. The number of benzene rings is 2. The summed E-state index contributed by atoms with van der Waals surface area (Å²) in [6.07, 6.45) is 0. The second-order valence-corrected chi connectivity index (χ2v) is 5.88. The summed E-state index contributed by atoms with van der Waals surface area (Å²) in [7, 11) is 1.96. The van der Waals surface area contributed by atoms with Crippen molar-refractivity contribution in [3.63, 3.8) is 0 Å². The molecule has 1 unspecified atom stereocenters. The van der Waals surface area contributed by atoms with Crippen molar-refractivity contribution >= 4 is 15.9 Å². The van der Waals surface area contributed by atoms with E-state index in [9.17, 15) is 0 Å². The molecule has 0 fully saturated rings. The van der Waals surface area contributed by atoms with Gasteiger partial charge in [-0.25, -0.2) is 0 Å². The average molecular weight is 334 g/mol. The Morgan fingerprint density at radius 3 is 2.50 bits per heavy atom. The number of rotatable bonds is 5. The van der Waals surface area contributed by atoms with E-state index in [0.29, 0.717) is 6.61 Å². The molecule has 0 aromatic heterocycles. The molecule has 0 aliphatic heterocycles. The van der Waals surface area contributed by atoms with E-state index < -0.39 is 0 Å². The first-order valence-electron chi connectivity index (χ1n) is 6.75. The van der Waals surface area contributed by atoms with Gasteiger partial charge in [0.15, 0.2) is 0 Å². The zero-order chi connectivity index (χ0) is 14.5. The van der Waals surface area contributed by atoms with E-state index in [4.69, 9.17) is 4.74 Å². The Labute approximate surface area is 129 Å². The van der Waals surface area contributed by atoms with Crippen LogP contribution in [0.3, 0.4) is 0 Å². The fraction of sp³-hybridized carbons (Fsp3) is 0.294. The molecule has 0 saturated carbocycles. The molecule has 0 amide bonds. The van der Waals surface area contributed by atoms with Crippen LogP contribution < -0.4 is 10.1 Å². The van der Waals surface area contributed by atoms with Gasteiger partial charge in [-0.05, 0) is 44.7 Å². The molecule has 1 atom stereocenters. The van der Waals surface area contributed by atoms with Crippen LogP contribution in [0.2, 0.25) is 0 Å². The average Bonchev–Trinajstić information content (AvgIpc) is 2.46. The maximum absolute atomic E-state index is 5.99. The summed E-state index contributed by atoms with van der Waals surface area (Å²) >= 11 is 3.44. The highest BCUT2D eigenvalue weighted by molar-refractivity contribution is 9.10. The van der Waals surface area contributed by atoms with Gasteiger partial charge in [-0.3, -0.25) is 0 Å². The largest absolute Gasteiger partial charge is 0.489 e. The van der Waals surface area contributed by atoms with Gasteiger partial charge in [0.2, 0.25) is 0 Å². The highest BCUT2D eigenvalue weighted by atomic mass is 79.9. The van der Waals surface area contributed by atoms with Crippen LogP contribution in [0.25, 0.3) is 0 Å². The van der Waals surface area contributed by atoms with Gasteiger partial charge in [-0.1, -0.05) is 45.8 Å². The maximum Gasteiger partial charge on any atom is 0.124 e. The zero-order valence-corrected chi connectivity index (χ0v) is 13.7. The molecule has 0 aliphatic carbocycles. The predicted octanol–water partition coefficient (Wildman–Crippen LogP) is 4.62. The van der Waals surface area contributed by atoms with Gasteiger partial charge in [0, 0.05) is 16.1 Å². The van der Waals surface area contributed by atoms with Crippen LogP contribution in [-0.4, -0.2) is 7.05 Å². The standard InChI is InChI=1S/C17H20BrNO/c1-12-4-9-17(16(10-12)13(2)19-3)20-11-14-5-7-15(18)8-6-14/h4-10,13,19H,11H2,1-3H3. The van der Waals surface area contributed by atoms with Crippen LogP contribution in [-0.2, 0) is 6.61 Å². The van der Waals surface area contributed by atoms with E-state index >= 15 is 0 Å². The maximum atomic E-state index is 5.99. The lowest BCUT2D eigenvalue weighted by Gasteiger charge is -2.17. The summed E-state index contributed by atoms with van der Waals surface area (Å²) in [6.45, 7) is 4.82. The fourth-order valence-corrected chi connectivity index (χ4v) is 2.30. The molecule has 2 nitrogen and oxygen atoms in total. The summed E-state index contributed by atoms with van der Waals surface area (Å²) in [6, 6.07) is 14.8. The Morgan fingerprint density at radius 2 is 1.85 bits per heavy atom. The molecular formula is C17H20BrNO. The van der Waals surface area contributed by atoms with E-state index in [1.54, 1.807) is 0 Å². The van der Waals surface area contributed by atoms with Gasteiger partial charge in [-0.15, -0.1) is 0 Å². The Hall–Kier alpha value is -1.32. The van der Waals surface area contributed by atoms with E-state index in [1.165, 1.54) is 11.1 Å². The number of halogens is 1. The van der Waals surface area contributed by atoms with Gasteiger partial charge in [0.05, 0.1) is 0 Å². The third-order valence-corrected chi connectivity index (χ3v) is 3.90. The second-order valence-electron chi connectivity index (χ2n) is 4.97. The number of aryl methyl sites for hydroxylation is 1. The fourth-order valence-electron chi connectivity index (χ4n) is 2.03. The second kappa shape index (κ2) is 6.91. The highest BCUT2D eigenvalue weighted by Gasteiger charge is 2.10. The van der Waals surface area contributed by atoms with Crippen molar-refractivity contribution in [2.24, 2.45) is 0 Å². The van der Waals surface area contributed by atoms with Gasteiger partial charge in [0.1, 0.15) is 12.4 Å². The van der Waals surface area contributed by atoms with Crippen molar-refractivity contribution in [2.45, 2.75) is 26.5 Å². The van der Waals surface area contributed by atoms with Crippen molar-refractivity contribution in [1.29, 1.82) is 0 Å². The normalized spacial score (nSPS) is 12.2. The van der Waals surface area contributed by atoms with E-state index in [-0.39, 0.29) is 6.04 Å². The predicted molar refractivity (Wildman–Crippen MR) is 87.1 cm³/mol. The lowest BCUT2D eigenvalue weighted by molar-refractivity contribution is 0.300. The molecule has 0 heterocycles. The molecule has 0 bridgehead atoms. The summed E-state index contributed by atoms with van der Waals surface area (Å²) in [5, 5.41) is 3.27. The highest BCUT2D eigenvalue weighted by Crippen LogP contribution is 2.27. The van der Waals surface area contributed by atoms with E-state index in [0.717, 1.165) is 15.8 Å². The lowest BCUT2D eigenvalue weighted by atomic mass is 10.0. The molecule has 0 aliphatic rings. The van der Waals surface area contributed by atoms with Crippen molar-refractivity contribution in [1.82, 2.24) is 5.32 Å². The van der Waals surface area contributed by atoms with Crippen LogP contribution in [0.4, 0.5) is 0 Å². The monoisotopic (exact) mass is 333 g/mol. The molecule has 106 valence electrons. The van der Waals surface area contributed by atoms with Crippen molar-refractivity contribution in [3.8, 4) is 5.75 Å². The van der Waals surface area contributed by atoms with Crippen LogP contribution in [0.15, 0.2) is 46.9 Å². The number of nitrogens with one attached hydrogen (secondary N) is 1. The summed E-state index contributed by atoms with van der Waals surface area (Å²) in [5.41, 5.74) is 3.61. The Morgan fingerprint density at radius 1 is 1.15 bits per heavy atom. The third kappa shape index (κ3) is 3.84. The Kier molecular flexibility index (Phi) is 5.21. The summed E-state index contributed by atoms with van der Waals surface area (Å²) < 4.78 is 7.07. The zero-order valence-electron chi connectivity index (χ0n) is 12.1. The van der Waals surface area contributed by atoms with Gasteiger partial charge in [0.25, 0.3) is 0 Å².